The molecule has 2 unspecified atom stereocenters. The lowest BCUT2D eigenvalue weighted by Crippen LogP contribution is -2.51. The van der Waals surface area contributed by atoms with Crippen LogP contribution < -0.4 is 4.90 Å². The lowest BCUT2D eigenvalue weighted by atomic mass is 9.55. The lowest BCUT2D eigenvalue weighted by Gasteiger charge is -2.56. The van der Waals surface area contributed by atoms with Gasteiger partial charge < -0.3 is 9.80 Å². The maximum atomic E-state index is 2.65. The molecule has 0 saturated heterocycles. The normalized spacial score (nSPS) is 26.8. The molecule has 0 saturated carbocycles. The Morgan fingerprint density at radius 3 is 2.41 bits per heavy atom. The van der Waals surface area contributed by atoms with Gasteiger partial charge in [-0.25, -0.2) is 0 Å². The highest BCUT2D eigenvalue weighted by atomic mass is 15.4. The van der Waals surface area contributed by atoms with Crippen LogP contribution in [0.4, 0.5) is 5.69 Å². The van der Waals surface area contributed by atoms with Crippen molar-refractivity contribution in [2.75, 3.05) is 11.9 Å². The van der Waals surface area contributed by atoms with Crippen LogP contribution in [0.3, 0.4) is 0 Å². The monoisotopic (exact) mass is 358 g/mol. The van der Waals surface area contributed by atoms with Crippen LogP contribution in [0.1, 0.15) is 58.3 Å². The minimum absolute atomic E-state index is 0.0763. The molecule has 0 bridgehead atoms. The first-order chi connectivity index (χ1) is 12.8. The van der Waals surface area contributed by atoms with Gasteiger partial charge in [0.1, 0.15) is 6.17 Å². The predicted octanol–water partition coefficient (Wildman–Crippen LogP) is 6.30. The standard InChI is InChI=1S/C25H30N2/c1-16(2)14-25(5)21-15-26(6)23-19-11-8-7-10-17(19)18-12-9-13-20(24(25,3)4)22(18)27(21)23/h7-13,15-16,23H,14H2,1-6H3. The van der Waals surface area contributed by atoms with Crippen molar-refractivity contribution in [3.05, 3.63) is 65.5 Å². The number of allylic oxidation sites excluding steroid dienone is 1. The Morgan fingerprint density at radius 2 is 1.67 bits per heavy atom. The second kappa shape index (κ2) is 5.19. The molecule has 3 aliphatic rings. The van der Waals surface area contributed by atoms with Crippen molar-refractivity contribution < 1.29 is 0 Å². The first kappa shape index (κ1) is 16.9. The Labute approximate surface area is 163 Å². The van der Waals surface area contributed by atoms with Crippen molar-refractivity contribution in [3.8, 4) is 11.1 Å². The molecule has 0 aliphatic carbocycles. The topological polar surface area (TPSA) is 6.48 Å². The number of rotatable bonds is 2. The SMILES string of the molecule is CC(C)CC1(C)C2=CN(C)C3c4ccccc4-c4cccc(c4N23)C1(C)C. The van der Waals surface area contributed by atoms with E-state index in [1.807, 2.05) is 0 Å². The molecule has 140 valence electrons. The molecule has 3 aliphatic heterocycles. The van der Waals surface area contributed by atoms with Crippen molar-refractivity contribution >= 4 is 5.69 Å². The molecule has 0 radical (unpaired) electrons. The van der Waals surface area contributed by atoms with Gasteiger partial charge in [-0.15, -0.1) is 0 Å². The quantitative estimate of drug-likeness (QED) is 0.621. The largest absolute Gasteiger partial charge is 0.355 e. The zero-order valence-corrected chi connectivity index (χ0v) is 17.4. The molecule has 0 fully saturated rings. The second-order valence-corrected chi connectivity index (χ2v) is 9.77. The fourth-order valence-electron chi connectivity index (χ4n) is 5.93. The maximum Gasteiger partial charge on any atom is 0.132 e. The summed E-state index contributed by atoms with van der Waals surface area (Å²) in [6.07, 6.45) is 3.89. The van der Waals surface area contributed by atoms with E-state index in [1.165, 1.54) is 40.1 Å². The van der Waals surface area contributed by atoms with Gasteiger partial charge in [0.2, 0.25) is 0 Å². The smallest absolute Gasteiger partial charge is 0.132 e. The van der Waals surface area contributed by atoms with E-state index in [2.05, 4.69) is 100 Å². The van der Waals surface area contributed by atoms with E-state index in [-0.39, 0.29) is 17.0 Å². The molecule has 3 heterocycles. The molecular formula is C25H30N2. The van der Waals surface area contributed by atoms with E-state index in [0.717, 1.165) is 0 Å². The molecule has 27 heavy (non-hydrogen) atoms. The molecule has 0 spiro atoms. The minimum Gasteiger partial charge on any atom is -0.355 e. The summed E-state index contributed by atoms with van der Waals surface area (Å²) in [4.78, 5) is 5.08. The Morgan fingerprint density at radius 1 is 0.963 bits per heavy atom. The van der Waals surface area contributed by atoms with Gasteiger partial charge in [-0.3, -0.25) is 0 Å². The molecule has 0 amide bonds. The highest BCUT2D eigenvalue weighted by molar-refractivity contribution is 5.90. The van der Waals surface area contributed by atoms with Gasteiger partial charge in [-0.05, 0) is 23.5 Å². The van der Waals surface area contributed by atoms with Gasteiger partial charge in [0.25, 0.3) is 0 Å². The van der Waals surface area contributed by atoms with Crippen LogP contribution >= 0.6 is 0 Å². The summed E-state index contributed by atoms with van der Waals surface area (Å²) in [5.41, 5.74) is 8.79. The third-order valence-electron chi connectivity index (χ3n) is 7.46. The zero-order valence-electron chi connectivity index (χ0n) is 17.4. The summed E-state index contributed by atoms with van der Waals surface area (Å²) in [7, 11) is 2.24. The van der Waals surface area contributed by atoms with Crippen LogP contribution in [-0.2, 0) is 5.41 Å². The highest BCUT2D eigenvalue weighted by Gasteiger charge is 2.57. The number of anilines is 1. The van der Waals surface area contributed by atoms with E-state index in [4.69, 9.17) is 0 Å². The molecule has 2 aromatic carbocycles. The van der Waals surface area contributed by atoms with Gasteiger partial charge in [0, 0.05) is 40.9 Å². The summed E-state index contributed by atoms with van der Waals surface area (Å²) < 4.78 is 0. The third-order valence-corrected chi connectivity index (χ3v) is 7.46. The van der Waals surface area contributed by atoms with E-state index >= 15 is 0 Å². The average Bonchev–Trinajstić information content (AvgIpc) is 2.98. The number of nitrogens with zero attached hydrogens (tertiary/aromatic N) is 2. The minimum atomic E-state index is 0.0763. The highest BCUT2D eigenvalue weighted by Crippen LogP contribution is 2.65. The molecule has 0 aromatic heterocycles. The number of hydrogen-bond donors (Lipinski definition) is 0. The van der Waals surface area contributed by atoms with Gasteiger partial charge in [0.15, 0.2) is 0 Å². The Balaban J connectivity index is 1.88. The summed E-state index contributed by atoms with van der Waals surface area (Å²) in [6, 6.07) is 15.9. The molecule has 5 rings (SSSR count). The van der Waals surface area contributed by atoms with Crippen LogP contribution in [0.15, 0.2) is 54.4 Å². The third kappa shape index (κ3) is 1.91. The van der Waals surface area contributed by atoms with E-state index in [9.17, 15) is 0 Å². The van der Waals surface area contributed by atoms with E-state index < -0.39 is 0 Å². The van der Waals surface area contributed by atoms with Crippen molar-refractivity contribution in [1.82, 2.24) is 4.90 Å². The molecule has 2 atom stereocenters. The fourth-order valence-corrected chi connectivity index (χ4v) is 5.93. The van der Waals surface area contributed by atoms with Gasteiger partial charge in [-0.1, -0.05) is 77.1 Å². The fraction of sp³-hybridized carbons (Fsp3) is 0.440. The summed E-state index contributed by atoms with van der Waals surface area (Å²) in [5.74, 6) is 0.654. The lowest BCUT2D eigenvalue weighted by molar-refractivity contribution is 0.166. The van der Waals surface area contributed by atoms with Gasteiger partial charge in [-0.2, -0.15) is 0 Å². The van der Waals surface area contributed by atoms with Gasteiger partial charge >= 0.3 is 0 Å². The van der Waals surface area contributed by atoms with E-state index in [1.54, 1.807) is 0 Å². The van der Waals surface area contributed by atoms with Crippen LogP contribution in [0, 0.1) is 11.3 Å². The first-order valence-electron chi connectivity index (χ1n) is 10.2. The van der Waals surface area contributed by atoms with E-state index in [0.29, 0.717) is 5.92 Å². The predicted molar refractivity (Wildman–Crippen MR) is 114 cm³/mol. The summed E-state index contributed by atoms with van der Waals surface area (Å²) in [5, 5.41) is 0. The number of para-hydroxylation sites is 1. The maximum absolute atomic E-state index is 2.65. The van der Waals surface area contributed by atoms with Crippen LogP contribution in [0.5, 0.6) is 0 Å². The van der Waals surface area contributed by atoms with Crippen molar-refractivity contribution in [2.24, 2.45) is 11.3 Å². The van der Waals surface area contributed by atoms with Gasteiger partial charge in [0.05, 0.1) is 5.69 Å². The molecule has 2 aromatic rings. The molecule has 0 N–H and O–H groups in total. The average molecular weight is 359 g/mol. The number of hydrogen-bond acceptors (Lipinski definition) is 2. The Kier molecular flexibility index (Phi) is 3.25. The van der Waals surface area contributed by atoms with Crippen LogP contribution in [-0.4, -0.2) is 11.9 Å². The summed E-state index contributed by atoms with van der Waals surface area (Å²) >= 11 is 0. The zero-order chi connectivity index (χ0) is 19.1. The Hall–Kier alpha value is -2.22. The second-order valence-electron chi connectivity index (χ2n) is 9.77. The van der Waals surface area contributed by atoms with Crippen molar-refractivity contribution in [1.29, 1.82) is 0 Å². The number of benzene rings is 2. The van der Waals surface area contributed by atoms with Crippen LogP contribution in [0.2, 0.25) is 0 Å². The van der Waals surface area contributed by atoms with Crippen LogP contribution in [0.25, 0.3) is 11.1 Å². The molecule has 2 heteroatoms. The molecular weight excluding hydrogens is 328 g/mol. The van der Waals surface area contributed by atoms with Crippen molar-refractivity contribution in [3.63, 3.8) is 0 Å². The Bertz CT molecular complexity index is 968. The van der Waals surface area contributed by atoms with Crippen molar-refractivity contribution in [2.45, 2.75) is 52.6 Å². The summed E-state index contributed by atoms with van der Waals surface area (Å²) in [6.45, 7) is 12.1. The molecule has 2 nitrogen and oxygen atoms in total. The number of fused-ring (bicyclic) bond motifs is 3. The first-order valence-corrected chi connectivity index (χ1v) is 10.2.